The highest BCUT2D eigenvalue weighted by Crippen LogP contribution is 1.78. The van der Waals surface area contributed by atoms with Gasteiger partial charge in [0.25, 0.3) is 0 Å². The average Bonchev–Trinajstić information content (AvgIpc) is 1.89. The molecular weight excluding hydrogens is 229 g/mol. The first-order valence-corrected chi connectivity index (χ1v) is 4.10. The molecule has 0 spiro atoms. The SMILES string of the molecule is CN/C(C)=N\C=N/CI. The van der Waals surface area contributed by atoms with Gasteiger partial charge >= 0.3 is 0 Å². The van der Waals surface area contributed by atoms with E-state index in [0.717, 1.165) is 10.4 Å². The van der Waals surface area contributed by atoms with Gasteiger partial charge in [-0.15, -0.1) is 0 Å². The van der Waals surface area contributed by atoms with Crippen LogP contribution in [-0.2, 0) is 0 Å². The number of amidine groups is 1. The molecule has 4 heteroatoms. The third kappa shape index (κ3) is 5.75. The van der Waals surface area contributed by atoms with Crippen LogP contribution in [0.15, 0.2) is 9.98 Å². The van der Waals surface area contributed by atoms with E-state index in [-0.39, 0.29) is 0 Å². The number of rotatable bonds is 2. The van der Waals surface area contributed by atoms with Gasteiger partial charge in [0.2, 0.25) is 0 Å². The number of hydrogen-bond acceptors (Lipinski definition) is 1. The van der Waals surface area contributed by atoms with Gasteiger partial charge in [-0.3, -0.25) is 4.99 Å². The summed E-state index contributed by atoms with van der Waals surface area (Å²) in [4.78, 5) is 7.84. The molecule has 0 saturated heterocycles. The molecule has 3 nitrogen and oxygen atoms in total. The maximum Gasteiger partial charge on any atom is 0.112 e. The first-order chi connectivity index (χ1) is 4.31. The molecule has 0 fully saturated rings. The van der Waals surface area contributed by atoms with Crippen LogP contribution in [0.25, 0.3) is 0 Å². The number of aliphatic imine (C=N–C) groups is 2. The van der Waals surface area contributed by atoms with E-state index in [2.05, 4.69) is 37.9 Å². The van der Waals surface area contributed by atoms with E-state index < -0.39 is 0 Å². The molecule has 0 unspecified atom stereocenters. The summed E-state index contributed by atoms with van der Waals surface area (Å²) in [6.45, 7) is 1.89. The van der Waals surface area contributed by atoms with E-state index >= 15 is 0 Å². The molecule has 0 aromatic rings. The molecule has 0 bridgehead atoms. The van der Waals surface area contributed by atoms with Crippen LogP contribution in [0, 0.1) is 0 Å². The first-order valence-electron chi connectivity index (χ1n) is 2.57. The van der Waals surface area contributed by atoms with E-state index in [1.165, 1.54) is 0 Å². The standard InChI is InChI=1S/C5H10IN3/c1-5(7-2)9-4-8-3-6/h4H,3H2,1-2H3,(H,7,8,9). The molecule has 0 aliphatic heterocycles. The zero-order valence-electron chi connectivity index (χ0n) is 5.56. The van der Waals surface area contributed by atoms with E-state index in [0.29, 0.717) is 0 Å². The largest absolute Gasteiger partial charge is 0.377 e. The van der Waals surface area contributed by atoms with Gasteiger partial charge in [0.15, 0.2) is 0 Å². The molecule has 52 valence electrons. The molecular formula is C5H10IN3. The molecule has 0 aliphatic carbocycles. The van der Waals surface area contributed by atoms with Crippen LogP contribution >= 0.6 is 22.6 Å². The fourth-order valence-corrected chi connectivity index (χ4v) is 0.399. The van der Waals surface area contributed by atoms with Crippen LogP contribution in [0.5, 0.6) is 0 Å². The van der Waals surface area contributed by atoms with Crippen molar-refractivity contribution in [3.8, 4) is 0 Å². The van der Waals surface area contributed by atoms with Crippen molar-refractivity contribution in [2.24, 2.45) is 9.98 Å². The molecule has 1 N–H and O–H groups in total. The predicted octanol–water partition coefficient (Wildman–Crippen LogP) is 1.05. The zero-order chi connectivity index (χ0) is 7.11. The Morgan fingerprint density at radius 1 is 1.78 bits per heavy atom. The molecule has 0 aromatic heterocycles. The second-order valence-electron chi connectivity index (χ2n) is 1.38. The predicted molar refractivity (Wildman–Crippen MR) is 49.5 cm³/mol. The molecule has 0 heterocycles. The normalized spacial score (nSPS) is 12.6. The molecule has 0 aliphatic rings. The highest BCUT2D eigenvalue weighted by Gasteiger charge is 1.76. The maximum absolute atomic E-state index is 3.94. The van der Waals surface area contributed by atoms with E-state index in [4.69, 9.17) is 0 Å². The van der Waals surface area contributed by atoms with Crippen molar-refractivity contribution >= 4 is 34.8 Å². The topological polar surface area (TPSA) is 36.8 Å². The molecule has 0 saturated carbocycles. The van der Waals surface area contributed by atoms with Crippen LogP contribution < -0.4 is 5.32 Å². The Kier molecular flexibility index (Phi) is 5.91. The lowest BCUT2D eigenvalue weighted by Gasteiger charge is -1.91. The summed E-state index contributed by atoms with van der Waals surface area (Å²) < 4.78 is 0.762. The van der Waals surface area contributed by atoms with Gasteiger partial charge in [-0.1, -0.05) is 22.6 Å². The van der Waals surface area contributed by atoms with Gasteiger partial charge in [0.1, 0.15) is 6.34 Å². The van der Waals surface area contributed by atoms with Crippen LogP contribution in [-0.4, -0.2) is 23.8 Å². The molecule has 0 atom stereocenters. The molecule has 0 radical (unpaired) electrons. The zero-order valence-corrected chi connectivity index (χ0v) is 7.71. The number of halogens is 1. The maximum atomic E-state index is 3.94. The van der Waals surface area contributed by atoms with Gasteiger partial charge in [-0.25, -0.2) is 4.99 Å². The van der Waals surface area contributed by atoms with Gasteiger partial charge in [-0.05, 0) is 6.92 Å². The minimum atomic E-state index is 0.762. The van der Waals surface area contributed by atoms with Crippen molar-refractivity contribution in [3.63, 3.8) is 0 Å². The number of nitrogens with zero attached hydrogens (tertiary/aromatic N) is 2. The quantitative estimate of drug-likeness (QED) is 0.252. The highest BCUT2D eigenvalue weighted by molar-refractivity contribution is 14.1. The smallest absolute Gasteiger partial charge is 0.112 e. The number of nitrogens with one attached hydrogen (secondary N) is 1. The third-order valence-electron chi connectivity index (χ3n) is 0.764. The van der Waals surface area contributed by atoms with E-state index in [1.54, 1.807) is 6.34 Å². The fourth-order valence-electron chi connectivity index (χ4n) is 0.223. The van der Waals surface area contributed by atoms with E-state index in [9.17, 15) is 0 Å². The Morgan fingerprint density at radius 3 is 2.89 bits per heavy atom. The monoisotopic (exact) mass is 239 g/mol. The van der Waals surface area contributed by atoms with Crippen LogP contribution in [0.2, 0.25) is 0 Å². The summed E-state index contributed by atoms with van der Waals surface area (Å²) in [6, 6.07) is 0. The lowest BCUT2D eigenvalue weighted by atomic mass is 10.7. The Hall–Kier alpha value is -0.130. The Labute approximate surface area is 68.8 Å². The van der Waals surface area contributed by atoms with Crippen molar-refractivity contribution in [2.75, 3.05) is 11.6 Å². The summed E-state index contributed by atoms with van der Waals surface area (Å²) in [6.07, 6.45) is 1.55. The van der Waals surface area contributed by atoms with Gasteiger partial charge in [0.05, 0.1) is 10.4 Å². The molecule has 9 heavy (non-hydrogen) atoms. The van der Waals surface area contributed by atoms with Crippen molar-refractivity contribution < 1.29 is 0 Å². The van der Waals surface area contributed by atoms with Crippen molar-refractivity contribution in [2.45, 2.75) is 6.92 Å². The van der Waals surface area contributed by atoms with E-state index in [1.807, 2.05) is 14.0 Å². The minimum Gasteiger partial charge on any atom is -0.377 e. The molecule has 0 aromatic carbocycles. The number of hydrogen-bond donors (Lipinski definition) is 1. The lowest BCUT2D eigenvalue weighted by Crippen LogP contribution is -2.13. The van der Waals surface area contributed by atoms with Crippen molar-refractivity contribution in [1.29, 1.82) is 0 Å². The van der Waals surface area contributed by atoms with Crippen LogP contribution in [0.1, 0.15) is 6.92 Å². The van der Waals surface area contributed by atoms with Crippen molar-refractivity contribution in [1.82, 2.24) is 5.32 Å². The van der Waals surface area contributed by atoms with Crippen LogP contribution in [0.4, 0.5) is 0 Å². The summed E-state index contributed by atoms with van der Waals surface area (Å²) in [5.74, 6) is 0.878. The lowest BCUT2D eigenvalue weighted by molar-refractivity contribution is 1.16. The van der Waals surface area contributed by atoms with Gasteiger partial charge in [0, 0.05) is 7.05 Å². The Bertz CT molecular complexity index is 119. The van der Waals surface area contributed by atoms with Gasteiger partial charge < -0.3 is 5.32 Å². The van der Waals surface area contributed by atoms with Crippen molar-refractivity contribution in [3.05, 3.63) is 0 Å². The summed E-state index contributed by atoms with van der Waals surface area (Å²) in [7, 11) is 1.83. The average molecular weight is 239 g/mol. The summed E-state index contributed by atoms with van der Waals surface area (Å²) >= 11 is 2.16. The third-order valence-corrected chi connectivity index (χ3v) is 1.16. The minimum absolute atomic E-state index is 0.762. The highest BCUT2D eigenvalue weighted by atomic mass is 127. The number of alkyl halides is 1. The van der Waals surface area contributed by atoms with Gasteiger partial charge in [-0.2, -0.15) is 0 Å². The second kappa shape index (κ2) is 6.00. The Balaban J connectivity index is 3.55. The first kappa shape index (κ1) is 8.87. The summed E-state index contributed by atoms with van der Waals surface area (Å²) in [5.41, 5.74) is 0. The second-order valence-corrected chi connectivity index (χ2v) is 2.06. The Morgan fingerprint density at radius 2 is 2.44 bits per heavy atom. The molecule has 0 amide bonds. The van der Waals surface area contributed by atoms with Crippen LogP contribution in [0.3, 0.4) is 0 Å². The fraction of sp³-hybridized carbons (Fsp3) is 0.600. The summed E-state index contributed by atoms with van der Waals surface area (Å²) in [5, 5.41) is 2.88. The molecule has 0 rings (SSSR count).